The summed E-state index contributed by atoms with van der Waals surface area (Å²) >= 11 is 1.70. The summed E-state index contributed by atoms with van der Waals surface area (Å²) < 4.78 is 2.00. The van der Waals surface area contributed by atoms with Crippen LogP contribution in [-0.2, 0) is 6.54 Å². The van der Waals surface area contributed by atoms with Crippen LogP contribution in [0.2, 0.25) is 0 Å². The smallest absolute Gasteiger partial charge is 0.185 e. The maximum absolute atomic E-state index is 6.19. The number of rotatable bonds is 3. The lowest BCUT2D eigenvalue weighted by molar-refractivity contribution is 0.596. The summed E-state index contributed by atoms with van der Waals surface area (Å²) in [7, 11) is 0. The van der Waals surface area contributed by atoms with E-state index in [0.29, 0.717) is 0 Å². The summed E-state index contributed by atoms with van der Waals surface area (Å²) in [5.41, 5.74) is 7.93. The second-order valence-electron chi connectivity index (χ2n) is 4.93. The second-order valence-corrected chi connectivity index (χ2v) is 5.80. The fourth-order valence-corrected chi connectivity index (χ4v) is 3.32. The molecule has 2 aromatic rings. The third kappa shape index (κ3) is 2.22. The Morgan fingerprint density at radius 1 is 1.25 bits per heavy atom. The SMILES string of the molecule is CCn1nc(C)c(N)c1N1CCN(c2nccs2)CC1. The van der Waals surface area contributed by atoms with Gasteiger partial charge in [0.25, 0.3) is 0 Å². The van der Waals surface area contributed by atoms with E-state index >= 15 is 0 Å². The number of nitrogens with zero attached hydrogens (tertiary/aromatic N) is 5. The van der Waals surface area contributed by atoms with E-state index in [2.05, 4.69) is 26.8 Å². The predicted molar refractivity (Wildman–Crippen MR) is 83.6 cm³/mol. The highest BCUT2D eigenvalue weighted by atomic mass is 32.1. The molecule has 1 aliphatic rings. The number of aryl methyl sites for hydroxylation is 2. The van der Waals surface area contributed by atoms with Gasteiger partial charge < -0.3 is 15.5 Å². The van der Waals surface area contributed by atoms with Crippen LogP contribution in [0.5, 0.6) is 0 Å². The number of hydrogen-bond donors (Lipinski definition) is 1. The molecule has 0 spiro atoms. The van der Waals surface area contributed by atoms with Crippen molar-refractivity contribution in [1.29, 1.82) is 0 Å². The number of piperazine rings is 1. The highest BCUT2D eigenvalue weighted by Crippen LogP contribution is 2.28. The van der Waals surface area contributed by atoms with E-state index in [4.69, 9.17) is 5.73 Å². The van der Waals surface area contributed by atoms with Crippen molar-refractivity contribution in [2.75, 3.05) is 41.7 Å². The fourth-order valence-electron chi connectivity index (χ4n) is 2.62. The Morgan fingerprint density at radius 3 is 2.55 bits per heavy atom. The topological polar surface area (TPSA) is 63.2 Å². The van der Waals surface area contributed by atoms with Crippen molar-refractivity contribution < 1.29 is 0 Å². The number of aromatic nitrogens is 3. The molecular formula is C13H20N6S. The molecule has 1 fully saturated rings. The third-order valence-corrected chi connectivity index (χ3v) is 4.55. The summed E-state index contributed by atoms with van der Waals surface area (Å²) in [4.78, 5) is 9.04. The Hall–Kier alpha value is -1.76. The van der Waals surface area contributed by atoms with Crippen LogP contribution in [0.25, 0.3) is 0 Å². The maximum Gasteiger partial charge on any atom is 0.185 e. The average Bonchev–Trinajstić information content (AvgIpc) is 3.09. The van der Waals surface area contributed by atoms with Crippen LogP contribution >= 0.6 is 11.3 Å². The van der Waals surface area contributed by atoms with E-state index in [1.165, 1.54) is 0 Å². The van der Waals surface area contributed by atoms with E-state index in [0.717, 1.165) is 55.1 Å². The highest BCUT2D eigenvalue weighted by molar-refractivity contribution is 7.13. The fraction of sp³-hybridized carbons (Fsp3) is 0.538. The summed E-state index contributed by atoms with van der Waals surface area (Å²) in [6.07, 6.45) is 1.86. The van der Waals surface area contributed by atoms with E-state index in [9.17, 15) is 0 Å². The Morgan fingerprint density at radius 2 is 1.95 bits per heavy atom. The first-order chi connectivity index (χ1) is 9.70. The molecule has 6 nitrogen and oxygen atoms in total. The summed E-state index contributed by atoms with van der Waals surface area (Å²) in [5.74, 6) is 1.07. The molecule has 0 amide bonds. The third-order valence-electron chi connectivity index (χ3n) is 3.71. The minimum atomic E-state index is 0.814. The molecule has 2 aromatic heterocycles. The van der Waals surface area contributed by atoms with Crippen LogP contribution in [0.15, 0.2) is 11.6 Å². The van der Waals surface area contributed by atoms with Gasteiger partial charge in [0.2, 0.25) is 0 Å². The molecule has 0 bridgehead atoms. The van der Waals surface area contributed by atoms with Gasteiger partial charge in [-0.3, -0.25) is 0 Å². The number of nitrogen functional groups attached to an aromatic ring is 1. The van der Waals surface area contributed by atoms with Crippen LogP contribution in [0.4, 0.5) is 16.6 Å². The molecule has 3 heterocycles. The molecule has 1 saturated heterocycles. The molecule has 108 valence electrons. The number of anilines is 3. The number of hydrogen-bond acceptors (Lipinski definition) is 6. The summed E-state index contributed by atoms with van der Waals surface area (Å²) in [6.45, 7) is 8.77. The van der Waals surface area contributed by atoms with Crippen LogP contribution in [0, 0.1) is 6.92 Å². The molecule has 7 heteroatoms. The Kier molecular flexibility index (Phi) is 3.52. The van der Waals surface area contributed by atoms with Crippen molar-refractivity contribution in [3.05, 3.63) is 17.3 Å². The first-order valence-corrected chi connectivity index (χ1v) is 7.81. The van der Waals surface area contributed by atoms with Gasteiger partial charge in [-0.05, 0) is 13.8 Å². The molecule has 1 aliphatic heterocycles. The van der Waals surface area contributed by atoms with Gasteiger partial charge in [0.05, 0.1) is 11.4 Å². The molecule has 0 unspecified atom stereocenters. The van der Waals surface area contributed by atoms with Gasteiger partial charge in [0.15, 0.2) is 10.9 Å². The molecule has 0 atom stereocenters. The molecule has 2 N–H and O–H groups in total. The minimum absolute atomic E-state index is 0.814. The van der Waals surface area contributed by atoms with Crippen molar-refractivity contribution in [3.8, 4) is 0 Å². The van der Waals surface area contributed by atoms with E-state index in [1.807, 2.05) is 23.2 Å². The van der Waals surface area contributed by atoms with Crippen molar-refractivity contribution in [3.63, 3.8) is 0 Å². The number of thiazole rings is 1. The van der Waals surface area contributed by atoms with Gasteiger partial charge >= 0.3 is 0 Å². The largest absolute Gasteiger partial charge is 0.394 e. The Bertz CT molecular complexity index is 568. The van der Waals surface area contributed by atoms with Gasteiger partial charge in [-0.1, -0.05) is 0 Å². The summed E-state index contributed by atoms with van der Waals surface area (Å²) in [5, 5.41) is 7.63. The lowest BCUT2D eigenvalue weighted by Gasteiger charge is -2.36. The molecule has 0 aromatic carbocycles. The van der Waals surface area contributed by atoms with Gasteiger partial charge in [0.1, 0.15) is 0 Å². The molecular weight excluding hydrogens is 272 g/mol. The van der Waals surface area contributed by atoms with Crippen LogP contribution in [0.1, 0.15) is 12.6 Å². The van der Waals surface area contributed by atoms with Gasteiger partial charge in [-0.15, -0.1) is 11.3 Å². The maximum atomic E-state index is 6.19. The standard InChI is InChI=1S/C13H20N6S/c1-3-19-12(11(14)10(2)16-19)17-5-7-18(8-6-17)13-15-4-9-20-13/h4,9H,3,5-8,14H2,1-2H3. The lowest BCUT2D eigenvalue weighted by atomic mass is 10.3. The molecule has 0 aliphatic carbocycles. The van der Waals surface area contributed by atoms with Crippen LogP contribution in [-0.4, -0.2) is 40.9 Å². The Balaban J connectivity index is 1.75. The normalized spacial score (nSPS) is 15.9. The van der Waals surface area contributed by atoms with Crippen molar-refractivity contribution >= 4 is 28.0 Å². The first kappa shape index (κ1) is 13.2. The first-order valence-electron chi connectivity index (χ1n) is 6.93. The van der Waals surface area contributed by atoms with Crippen molar-refractivity contribution in [2.24, 2.45) is 0 Å². The quantitative estimate of drug-likeness (QED) is 0.930. The zero-order valence-corrected chi connectivity index (χ0v) is 12.7. The highest BCUT2D eigenvalue weighted by Gasteiger charge is 2.24. The van der Waals surface area contributed by atoms with Crippen molar-refractivity contribution in [2.45, 2.75) is 20.4 Å². The minimum Gasteiger partial charge on any atom is -0.394 e. The number of nitrogens with two attached hydrogens (primary N) is 1. The lowest BCUT2D eigenvalue weighted by Crippen LogP contribution is -2.47. The predicted octanol–water partition coefficient (Wildman–Crippen LogP) is 1.58. The van der Waals surface area contributed by atoms with E-state index < -0.39 is 0 Å². The van der Waals surface area contributed by atoms with Crippen LogP contribution < -0.4 is 15.5 Å². The monoisotopic (exact) mass is 292 g/mol. The summed E-state index contributed by atoms with van der Waals surface area (Å²) in [6, 6.07) is 0. The van der Waals surface area contributed by atoms with Gasteiger partial charge in [0, 0.05) is 44.3 Å². The molecule has 20 heavy (non-hydrogen) atoms. The molecule has 3 rings (SSSR count). The van der Waals surface area contributed by atoms with Gasteiger partial charge in [-0.2, -0.15) is 5.10 Å². The van der Waals surface area contributed by atoms with E-state index in [-0.39, 0.29) is 0 Å². The molecule has 0 saturated carbocycles. The van der Waals surface area contributed by atoms with Crippen molar-refractivity contribution in [1.82, 2.24) is 14.8 Å². The average molecular weight is 292 g/mol. The van der Waals surface area contributed by atoms with Gasteiger partial charge in [-0.25, -0.2) is 9.67 Å². The van der Waals surface area contributed by atoms with Crippen LogP contribution in [0.3, 0.4) is 0 Å². The second kappa shape index (κ2) is 5.32. The van der Waals surface area contributed by atoms with E-state index in [1.54, 1.807) is 11.3 Å². The Labute approximate surface area is 122 Å². The zero-order valence-electron chi connectivity index (χ0n) is 11.9. The zero-order chi connectivity index (χ0) is 14.1. The molecule has 0 radical (unpaired) electrons.